The van der Waals surface area contributed by atoms with E-state index in [0.717, 1.165) is 0 Å². The molecule has 0 aromatic carbocycles. The number of carboxylic acid groups (broad SMARTS) is 1. The summed E-state index contributed by atoms with van der Waals surface area (Å²) < 4.78 is 5.34. The van der Waals surface area contributed by atoms with Crippen LogP contribution < -0.4 is 5.32 Å². The molecule has 1 atom stereocenters. The minimum atomic E-state index is -1.41. The summed E-state index contributed by atoms with van der Waals surface area (Å²) >= 11 is 0. The number of carbonyl (C=O) groups is 1. The van der Waals surface area contributed by atoms with E-state index in [1.807, 2.05) is 0 Å². The van der Waals surface area contributed by atoms with Crippen LogP contribution in [0.2, 0.25) is 0 Å². The SMILES string of the molecule is O=C(O)C1(c2ccn[c]n2)CNCCO1. The van der Waals surface area contributed by atoms with Crippen LogP contribution in [0.15, 0.2) is 12.3 Å². The maximum absolute atomic E-state index is 11.2. The van der Waals surface area contributed by atoms with Crippen molar-refractivity contribution in [2.45, 2.75) is 5.60 Å². The van der Waals surface area contributed by atoms with Crippen molar-refractivity contribution in [2.24, 2.45) is 0 Å². The number of morpholine rings is 1. The highest BCUT2D eigenvalue weighted by Crippen LogP contribution is 2.25. The summed E-state index contributed by atoms with van der Waals surface area (Å²) in [5.41, 5.74) is -1.09. The third kappa shape index (κ3) is 1.69. The first kappa shape index (κ1) is 10.0. The molecule has 1 radical (unpaired) electrons. The largest absolute Gasteiger partial charge is 0.479 e. The van der Waals surface area contributed by atoms with E-state index in [1.165, 1.54) is 12.3 Å². The molecule has 1 aliphatic rings. The van der Waals surface area contributed by atoms with Gasteiger partial charge >= 0.3 is 5.97 Å². The van der Waals surface area contributed by atoms with Crippen LogP contribution >= 0.6 is 0 Å². The molecule has 1 fully saturated rings. The van der Waals surface area contributed by atoms with Crippen molar-refractivity contribution in [1.82, 2.24) is 15.3 Å². The lowest BCUT2D eigenvalue weighted by molar-refractivity contribution is -0.172. The Morgan fingerprint density at radius 2 is 2.60 bits per heavy atom. The average Bonchev–Trinajstić information content (AvgIpc) is 2.31. The van der Waals surface area contributed by atoms with Crippen LogP contribution in [-0.4, -0.2) is 40.7 Å². The highest BCUT2D eigenvalue weighted by molar-refractivity contribution is 5.79. The molecule has 2 heterocycles. The highest BCUT2D eigenvalue weighted by Gasteiger charge is 2.44. The van der Waals surface area contributed by atoms with Gasteiger partial charge in [-0.3, -0.25) is 0 Å². The number of carboxylic acids is 1. The number of rotatable bonds is 2. The van der Waals surface area contributed by atoms with Gasteiger partial charge in [0.25, 0.3) is 0 Å². The maximum atomic E-state index is 11.2. The zero-order chi connectivity index (χ0) is 10.7. The van der Waals surface area contributed by atoms with E-state index in [9.17, 15) is 9.90 Å². The Morgan fingerprint density at radius 3 is 3.13 bits per heavy atom. The Morgan fingerprint density at radius 1 is 1.73 bits per heavy atom. The fraction of sp³-hybridized carbons (Fsp3) is 0.444. The van der Waals surface area contributed by atoms with Gasteiger partial charge in [0.15, 0.2) is 6.33 Å². The van der Waals surface area contributed by atoms with Gasteiger partial charge in [0.05, 0.1) is 12.3 Å². The second kappa shape index (κ2) is 3.92. The lowest BCUT2D eigenvalue weighted by Crippen LogP contribution is -2.53. The smallest absolute Gasteiger partial charge is 0.343 e. The van der Waals surface area contributed by atoms with Gasteiger partial charge < -0.3 is 15.2 Å². The summed E-state index contributed by atoms with van der Waals surface area (Å²) in [6.07, 6.45) is 3.82. The van der Waals surface area contributed by atoms with E-state index in [1.54, 1.807) is 0 Å². The van der Waals surface area contributed by atoms with Crippen LogP contribution in [0.1, 0.15) is 5.69 Å². The molecular formula is C9H10N3O3. The van der Waals surface area contributed by atoms with Crippen molar-refractivity contribution in [3.8, 4) is 0 Å². The molecule has 1 saturated heterocycles. The third-order valence-corrected chi connectivity index (χ3v) is 2.30. The lowest BCUT2D eigenvalue weighted by atomic mass is 9.98. The van der Waals surface area contributed by atoms with Crippen molar-refractivity contribution in [2.75, 3.05) is 19.7 Å². The van der Waals surface area contributed by atoms with Crippen LogP contribution in [0, 0.1) is 6.33 Å². The molecule has 1 aromatic heterocycles. The zero-order valence-corrected chi connectivity index (χ0v) is 7.93. The van der Waals surface area contributed by atoms with E-state index in [0.29, 0.717) is 18.8 Å². The molecule has 1 aromatic rings. The molecule has 2 N–H and O–H groups in total. The fourth-order valence-corrected chi connectivity index (χ4v) is 1.51. The molecule has 1 unspecified atom stereocenters. The molecule has 15 heavy (non-hydrogen) atoms. The summed E-state index contributed by atoms with van der Waals surface area (Å²) in [7, 11) is 0. The Kier molecular flexibility index (Phi) is 2.61. The summed E-state index contributed by atoms with van der Waals surface area (Å²) in [6.45, 7) is 1.19. The number of hydrogen-bond donors (Lipinski definition) is 2. The molecule has 0 amide bonds. The Balaban J connectivity index is 2.38. The molecule has 0 saturated carbocycles. The van der Waals surface area contributed by atoms with Gasteiger partial charge in [-0.15, -0.1) is 0 Å². The number of aromatic nitrogens is 2. The topological polar surface area (TPSA) is 84.3 Å². The van der Waals surface area contributed by atoms with Gasteiger partial charge in [0.1, 0.15) is 0 Å². The molecule has 6 heteroatoms. The molecular weight excluding hydrogens is 198 g/mol. The fourth-order valence-electron chi connectivity index (χ4n) is 1.51. The Bertz CT molecular complexity index is 349. The molecule has 0 spiro atoms. The van der Waals surface area contributed by atoms with Crippen molar-refractivity contribution < 1.29 is 14.6 Å². The Hall–Kier alpha value is -1.53. The number of nitrogens with zero attached hydrogens (tertiary/aromatic N) is 2. The summed E-state index contributed by atoms with van der Waals surface area (Å²) in [4.78, 5) is 18.7. The second-order valence-corrected chi connectivity index (χ2v) is 3.20. The van der Waals surface area contributed by atoms with Gasteiger partial charge in [-0.25, -0.2) is 14.8 Å². The minimum Gasteiger partial charge on any atom is -0.479 e. The van der Waals surface area contributed by atoms with Gasteiger partial charge in [0, 0.05) is 19.3 Å². The Labute approximate surface area is 86.3 Å². The lowest BCUT2D eigenvalue weighted by Gasteiger charge is -2.32. The first-order chi connectivity index (χ1) is 7.26. The average molecular weight is 208 g/mol. The van der Waals surface area contributed by atoms with E-state index < -0.39 is 11.6 Å². The molecule has 6 nitrogen and oxygen atoms in total. The van der Waals surface area contributed by atoms with Crippen LogP contribution in [-0.2, 0) is 15.1 Å². The van der Waals surface area contributed by atoms with Crippen molar-refractivity contribution >= 4 is 5.97 Å². The van der Waals surface area contributed by atoms with Crippen molar-refractivity contribution in [3.63, 3.8) is 0 Å². The maximum Gasteiger partial charge on any atom is 0.343 e. The minimum absolute atomic E-state index is 0.202. The standard InChI is InChI=1S/C9H10N3O3/c13-8(14)9(5-10-3-4-15-9)7-1-2-11-6-12-7/h1-2,10H,3-5H2,(H,13,14). The number of aliphatic carboxylic acids is 1. The summed E-state index contributed by atoms with van der Waals surface area (Å²) in [5, 5.41) is 12.2. The quantitative estimate of drug-likeness (QED) is 0.660. The van der Waals surface area contributed by atoms with E-state index in [2.05, 4.69) is 21.6 Å². The normalized spacial score (nSPS) is 26.1. The monoisotopic (exact) mass is 208 g/mol. The van der Waals surface area contributed by atoms with E-state index in [-0.39, 0.29) is 6.54 Å². The van der Waals surface area contributed by atoms with Gasteiger partial charge in [-0.05, 0) is 6.07 Å². The van der Waals surface area contributed by atoms with Crippen molar-refractivity contribution in [1.29, 1.82) is 0 Å². The van der Waals surface area contributed by atoms with Crippen LogP contribution in [0.5, 0.6) is 0 Å². The van der Waals surface area contributed by atoms with Crippen LogP contribution in [0.4, 0.5) is 0 Å². The molecule has 0 bridgehead atoms. The predicted octanol–water partition coefficient (Wildman–Crippen LogP) is -0.824. The first-order valence-corrected chi connectivity index (χ1v) is 4.53. The van der Waals surface area contributed by atoms with Crippen molar-refractivity contribution in [3.05, 3.63) is 24.3 Å². The third-order valence-electron chi connectivity index (χ3n) is 2.30. The van der Waals surface area contributed by atoms with Crippen LogP contribution in [0.25, 0.3) is 0 Å². The summed E-state index contributed by atoms with van der Waals surface area (Å²) in [6, 6.07) is 1.53. The van der Waals surface area contributed by atoms with Gasteiger partial charge in [0.2, 0.25) is 5.60 Å². The summed E-state index contributed by atoms with van der Waals surface area (Å²) in [5.74, 6) is -1.05. The molecule has 1 aliphatic heterocycles. The van der Waals surface area contributed by atoms with Crippen LogP contribution in [0.3, 0.4) is 0 Å². The first-order valence-electron chi connectivity index (χ1n) is 4.53. The molecule has 0 aliphatic carbocycles. The number of nitrogens with one attached hydrogen (secondary N) is 1. The second-order valence-electron chi connectivity index (χ2n) is 3.20. The van der Waals surface area contributed by atoms with Gasteiger partial charge in [-0.2, -0.15) is 0 Å². The predicted molar refractivity (Wildman–Crippen MR) is 49.0 cm³/mol. The number of ether oxygens (including phenoxy) is 1. The zero-order valence-electron chi connectivity index (χ0n) is 7.93. The highest BCUT2D eigenvalue weighted by atomic mass is 16.5. The van der Waals surface area contributed by atoms with Gasteiger partial charge in [-0.1, -0.05) is 0 Å². The molecule has 79 valence electrons. The van der Waals surface area contributed by atoms with E-state index >= 15 is 0 Å². The number of hydrogen-bond acceptors (Lipinski definition) is 5. The molecule has 2 rings (SSSR count). The van der Waals surface area contributed by atoms with E-state index in [4.69, 9.17) is 4.74 Å².